The Bertz CT molecular complexity index is 674. The predicted molar refractivity (Wildman–Crippen MR) is 81.8 cm³/mol. The molecule has 1 saturated heterocycles. The van der Waals surface area contributed by atoms with Crippen molar-refractivity contribution < 1.29 is 4.52 Å². The first-order valence-corrected chi connectivity index (χ1v) is 8.01. The highest BCUT2D eigenvalue weighted by molar-refractivity contribution is 6.30. The summed E-state index contributed by atoms with van der Waals surface area (Å²) >= 11 is 11.8. The summed E-state index contributed by atoms with van der Waals surface area (Å²) < 4.78 is 5.12. The van der Waals surface area contributed by atoms with Crippen molar-refractivity contribution in [3.8, 4) is 0 Å². The van der Waals surface area contributed by atoms with E-state index in [0.717, 1.165) is 17.4 Å². The van der Waals surface area contributed by atoms with Crippen molar-refractivity contribution >= 4 is 28.9 Å². The minimum atomic E-state index is 0.277. The summed E-state index contributed by atoms with van der Waals surface area (Å²) in [5, 5.41) is 4.85. The summed E-state index contributed by atoms with van der Waals surface area (Å²) in [6.45, 7) is 3.27. The van der Waals surface area contributed by atoms with Gasteiger partial charge in [-0.1, -0.05) is 22.8 Å². The lowest BCUT2D eigenvalue weighted by Crippen LogP contribution is -2.31. The zero-order chi connectivity index (χ0) is 14.6. The molecule has 2 fully saturated rings. The highest BCUT2D eigenvalue weighted by Gasteiger charge is 2.62. The first-order chi connectivity index (χ1) is 10.2. The molecule has 1 aromatic carbocycles. The Morgan fingerprint density at radius 2 is 2.29 bits per heavy atom. The van der Waals surface area contributed by atoms with Crippen molar-refractivity contribution in [2.24, 2.45) is 11.8 Å². The fourth-order valence-electron chi connectivity index (χ4n) is 3.71. The maximum atomic E-state index is 6.09. The van der Waals surface area contributed by atoms with Crippen LogP contribution in [0.1, 0.15) is 24.6 Å². The summed E-state index contributed by atoms with van der Waals surface area (Å²) in [6, 6.07) is 8.50. The molecule has 1 aromatic heterocycles. The van der Waals surface area contributed by atoms with Crippen LogP contribution < -0.4 is 4.90 Å². The first-order valence-electron chi connectivity index (χ1n) is 7.09. The van der Waals surface area contributed by atoms with E-state index in [0.29, 0.717) is 29.7 Å². The lowest BCUT2D eigenvalue weighted by atomic mass is 10.1. The molecule has 2 aromatic rings. The molecule has 0 N–H and O–H groups in total. The van der Waals surface area contributed by atoms with Gasteiger partial charge >= 0.3 is 0 Å². The standard InChI is InChI=1S/C15H15Cl2N3O/c1-8-13-11(14(13)15-18-12(6-16)21-19-15)7-20(8)10-4-2-3-9(17)5-10/h2-5,8,11,13-14H,6-7H2,1H3/t8?,11-,13+,14+/m0/s1. The van der Waals surface area contributed by atoms with E-state index in [1.165, 1.54) is 5.69 Å². The van der Waals surface area contributed by atoms with Crippen molar-refractivity contribution in [3.05, 3.63) is 41.0 Å². The molecule has 1 aliphatic heterocycles. The highest BCUT2D eigenvalue weighted by atomic mass is 35.5. The van der Waals surface area contributed by atoms with E-state index in [2.05, 4.69) is 28.0 Å². The van der Waals surface area contributed by atoms with Crippen LogP contribution in [0.15, 0.2) is 28.8 Å². The molecule has 1 unspecified atom stereocenters. The van der Waals surface area contributed by atoms with Crippen LogP contribution in [-0.4, -0.2) is 22.7 Å². The Labute approximate surface area is 133 Å². The normalized spacial score (nSPS) is 30.5. The second kappa shape index (κ2) is 4.89. The lowest BCUT2D eigenvalue weighted by Gasteiger charge is -2.28. The van der Waals surface area contributed by atoms with Gasteiger partial charge in [0.1, 0.15) is 5.88 Å². The third-order valence-corrected chi connectivity index (χ3v) is 5.19. The first kappa shape index (κ1) is 13.4. The van der Waals surface area contributed by atoms with Gasteiger partial charge in [0.05, 0.1) is 0 Å². The molecule has 110 valence electrons. The molecule has 21 heavy (non-hydrogen) atoms. The average molecular weight is 324 g/mol. The van der Waals surface area contributed by atoms with Gasteiger partial charge in [0.15, 0.2) is 5.82 Å². The minimum Gasteiger partial charge on any atom is -0.368 e. The molecule has 0 bridgehead atoms. The fourth-order valence-corrected chi connectivity index (χ4v) is 4.00. The third kappa shape index (κ3) is 2.12. The van der Waals surface area contributed by atoms with Crippen LogP contribution in [0.2, 0.25) is 5.02 Å². The van der Waals surface area contributed by atoms with Gasteiger partial charge in [-0.3, -0.25) is 0 Å². The summed E-state index contributed by atoms with van der Waals surface area (Å²) in [5.41, 5.74) is 1.19. The fraction of sp³-hybridized carbons (Fsp3) is 0.467. The quantitative estimate of drug-likeness (QED) is 0.808. The Morgan fingerprint density at radius 3 is 2.90 bits per heavy atom. The van der Waals surface area contributed by atoms with Crippen LogP contribution in [0.5, 0.6) is 0 Å². The van der Waals surface area contributed by atoms with Gasteiger partial charge in [0, 0.05) is 29.2 Å². The molecule has 4 rings (SSSR count). The summed E-state index contributed by atoms with van der Waals surface area (Å²) in [4.78, 5) is 6.79. The second-order valence-corrected chi connectivity index (χ2v) is 6.52. The van der Waals surface area contributed by atoms with Crippen LogP contribution in [-0.2, 0) is 5.88 Å². The van der Waals surface area contributed by atoms with Gasteiger partial charge in [-0.25, -0.2) is 0 Å². The molecule has 6 heteroatoms. The number of hydrogen-bond acceptors (Lipinski definition) is 4. The number of rotatable bonds is 3. The number of hydrogen-bond donors (Lipinski definition) is 0. The molecule has 2 aliphatic rings. The van der Waals surface area contributed by atoms with Gasteiger partial charge < -0.3 is 9.42 Å². The van der Waals surface area contributed by atoms with E-state index in [-0.39, 0.29) is 5.88 Å². The summed E-state index contributed by atoms with van der Waals surface area (Å²) in [5.74, 6) is 3.20. The Hall–Kier alpha value is -1.26. The number of benzene rings is 1. The molecular formula is C15H15Cl2N3O. The predicted octanol–water partition coefficient (Wildman–Crippen LogP) is 3.70. The van der Waals surface area contributed by atoms with Crippen molar-refractivity contribution in [1.82, 2.24) is 10.1 Å². The van der Waals surface area contributed by atoms with Gasteiger partial charge in [0.25, 0.3) is 0 Å². The number of aromatic nitrogens is 2. The lowest BCUT2D eigenvalue weighted by molar-refractivity contribution is 0.382. The monoisotopic (exact) mass is 323 g/mol. The number of nitrogens with zero attached hydrogens (tertiary/aromatic N) is 3. The summed E-state index contributed by atoms with van der Waals surface area (Å²) in [7, 11) is 0. The molecular weight excluding hydrogens is 309 g/mol. The van der Waals surface area contributed by atoms with E-state index >= 15 is 0 Å². The van der Waals surface area contributed by atoms with Crippen LogP contribution in [0.25, 0.3) is 0 Å². The topological polar surface area (TPSA) is 42.2 Å². The van der Waals surface area contributed by atoms with E-state index in [4.69, 9.17) is 27.7 Å². The van der Waals surface area contributed by atoms with Crippen LogP contribution >= 0.6 is 23.2 Å². The van der Waals surface area contributed by atoms with Crippen molar-refractivity contribution in [2.75, 3.05) is 11.4 Å². The molecule has 2 heterocycles. The van der Waals surface area contributed by atoms with E-state index in [9.17, 15) is 0 Å². The van der Waals surface area contributed by atoms with E-state index < -0.39 is 0 Å². The van der Waals surface area contributed by atoms with Crippen molar-refractivity contribution in [1.29, 1.82) is 0 Å². The molecule has 0 spiro atoms. The van der Waals surface area contributed by atoms with Gasteiger partial charge in [-0.2, -0.15) is 4.98 Å². The number of halogens is 2. The smallest absolute Gasteiger partial charge is 0.241 e. The van der Waals surface area contributed by atoms with E-state index in [1.807, 2.05) is 18.2 Å². The molecule has 4 atom stereocenters. The number of fused-ring (bicyclic) bond motifs is 1. The van der Waals surface area contributed by atoms with Crippen molar-refractivity contribution in [2.45, 2.75) is 24.8 Å². The third-order valence-electron chi connectivity index (χ3n) is 4.72. The largest absolute Gasteiger partial charge is 0.368 e. The minimum absolute atomic E-state index is 0.277. The highest BCUT2D eigenvalue weighted by Crippen LogP contribution is 2.61. The van der Waals surface area contributed by atoms with E-state index in [1.54, 1.807) is 0 Å². The Morgan fingerprint density at radius 1 is 1.43 bits per heavy atom. The SMILES string of the molecule is CC1[C@@H]2[C@H](CN1c1cccc(Cl)c1)[C@H]2c1noc(CCl)n1. The van der Waals surface area contributed by atoms with Gasteiger partial charge in [0.2, 0.25) is 5.89 Å². The number of piperidine rings is 1. The Balaban J connectivity index is 1.52. The maximum absolute atomic E-state index is 6.09. The molecule has 1 saturated carbocycles. The average Bonchev–Trinajstić information content (AvgIpc) is 2.83. The molecule has 0 radical (unpaired) electrons. The van der Waals surface area contributed by atoms with Gasteiger partial charge in [-0.05, 0) is 37.0 Å². The maximum Gasteiger partial charge on any atom is 0.241 e. The van der Waals surface area contributed by atoms with Crippen LogP contribution in [0.4, 0.5) is 5.69 Å². The second-order valence-electron chi connectivity index (χ2n) is 5.82. The molecule has 0 amide bonds. The number of alkyl halides is 1. The zero-order valence-electron chi connectivity index (χ0n) is 11.5. The summed E-state index contributed by atoms with van der Waals surface area (Å²) in [6.07, 6.45) is 0. The van der Waals surface area contributed by atoms with Crippen molar-refractivity contribution in [3.63, 3.8) is 0 Å². The van der Waals surface area contributed by atoms with Crippen LogP contribution in [0, 0.1) is 11.8 Å². The molecule has 1 aliphatic carbocycles. The van der Waals surface area contributed by atoms with Gasteiger partial charge in [-0.15, -0.1) is 11.6 Å². The molecule has 4 nitrogen and oxygen atoms in total. The van der Waals surface area contributed by atoms with Crippen LogP contribution in [0.3, 0.4) is 0 Å². The Kier molecular flexibility index (Phi) is 3.12. The number of anilines is 1. The zero-order valence-corrected chi connectivity index (χ0v) is 13.1.